The summed E-state index contributed by atoms with van der Waals surface area (Å²) in [6.07, 6.45) is 1.40. The molecule has 0 saturated heterocycles. The molecule has 7 heteroatoms. The van der Waals surface area contributed by atoms with Crippen LogP contribution in [0.5, 0.6) is 0 Å². The Kier molecular flexibility index (Phi) is 5.75. The molecular formula is C24H23N5O2. The van der Waals surface area contributed by atoms with E-state index in [1.54, 1.807) is 0 Å². The Balaban J connectivity index is 1.92. The quantitative estimate of drug-likeness (QED) is 0.279. The molecule has 7 nitrogen and oxygen atoms in total. The minimum absolute atomic E-state index is 0.108. The Hall–Kier alpha value is -4.00. The molecule has 0 aliphatic heterocycles. The van der Waals surface area contributed by atoms with Gasteiger partial charge >= 0.3 is 5.69 Å². The van der Waals surface area contributed by atoms with Gasteiger partial charge in [-0.1, -0.05) is 54.6 Å². The summed E-state index contributed by atoms with van der Waals surface area (Å²) >= 11 is 0. The predicted molar refractivity (Wildman–Crippen MR) is 124 cm³/mol. The van der Waals surface area contributed by atoms with Gasteiger partial charge in [-0.3, -0.25) is 10.1 Å². The highest BCUT2D eigenvalue weighted by atomic mass is 16.6. The highest BCUT2D eigenvalue weighted by Gasteiger charge is 2.31. The van der Waals surface area contributed by atoms with E-state index in [0.29, 0.717) is 13.1 Å². The fourth-order valence-electron chi connectivity index (χ4n) is 3.86. The van der Waals surface area contributed by atoms with Crippen molar-refractivity contribution in [3.63, 3.8) is 0 Å². The average molecular weight is 413 g/mol. The summed E-state index contributed by atoms with van der Waals surface area (Å²) in [4.78, 5) is 24.3. The standard InChI is InChI=1S/C24H23N5O2/c1-3-27(19-13-6-5-7-14-19)23-22(29(30)31)24(26-17-25-23)28(4-2)21-16-10-12-18-11-8-9-15-20(18)21/h5-17H,3-4H2,1-2H3. The molecule has 0 spiro atoms. The van der Waals surface area contributed by atoms with Crippen molar-refractivity contribution in [1.82, 2.24) is 9.97 Å². The van der Waals surface area contributed by atoms with E-state index in [4.69, 9.17) is 0 Å². The van der Waals surface area contributed by atoms with Crippen LogP contribution in [0.3, 0.4) is 0 Å². The summed E-state index contributed by atoms with van der Waals surface area (Å²) in [6.45, 7) is 4.95. The van der Waals surface area contributed by atoms with Crippen molar-refractivity contribution in [1.29, 1.82) is 0 Å². The van der Waals surface area contributed by atoms with Crippen LogP contribution in [0.15, 0.2) is 79.1 Å². The topological polar surface area (TPSA) is 75.4 Å². The molecule has 1 aromatic heterocycles. The number of nitrogens with zero attached hydrogens (tertiary/aromatic N) is 5. The highest BCUT2D eigenvalue weighted by molar-refractivity contribution is 5.97. The second kappa shape index (κ2) is 8.79. The average Bonchev–Trinajstić information content (AvgIpc) is 2.81. The summed E-state index contributed by atoms with van der Waals surface area (Å²) < 4.78 is 0. The zero-order valence-electron chi connectivity index (χ0n) is 17.5. The largest absolute Gasteiger partial charge is 0.354 e. The van der Waals surface area contributed by atoms with Gasteiger partial charge < -0.3 is 9.80 Å². The molecule has 0 unspecified atom stereocenters. The number of benzene rings is 3. The Morgan fingerprint density at radius 3 is 2.10 bits per heavy atom. The van der Waals surface area contributed by atoms with Gasteiger partial charge in [0.2, 0.25) is 11.6 Å². The molecule has 0 atom stereocenters. The summed E-state index contributed by atoms with van der Waals surface area (Å²) in [7, 11) is 0. The molecule has 156 valence electrons. The van der Waals surface area contributed by atoms with Gasteiger partial charge in [-0.25, -0.2) is 9.97 Å². The van der Waals surface area contributed by atoms with Crippen LogP contribution in [0.1, 0.15) is 13.8 Å². The van der Waals surface area contributed by atoms with Crippen LogP contribution in [0.4, 0.5) is 28.7 Å². The summed E-state index contributed by atoms with van der Waals surface area (Å²) in [5.74, 6) is 0.561. The van der Waals surface area contributed by atoms with Crippen molar-refractivity contribution in [3.8, 4) is 0 Å². The number of fused-ring (bicyclic) bond motifs is 1. The molecule has 0 bridgehead atoms. The van der Waals surface area contributed by atoms with Gasteiger partial charge in [-0.05, 0) is 37.4 Å². The van der Waals surface area contributed by atoms with E-state index < -0.39 is 0 Å². The lowest BCUT2D eigenvalue weighted by Gasteiger charge is -2.26. The van der Waals surface area contributed by atoms with Crippen LogP contribution in [0.25, 0.3) is 10.8 Å². The van der Waals surface area contributed by atoms with Crippen molar-refractivity contribution in [2.45, 2.75) is 13.8 Å². The summed E-state index contributed by atoms with van der Waals surface area (Å²) in [5, 5.41) is 14.4. The SMILES string of the molecule is CCN(c1ccccc1)c1ncnc(N(CC)c2cccc3ccccc23)c1[N+](=O)[O-]. The zero-order chi connectivity index (χ0) is 21.8. The number of rotatable bonds is 7. The molecule has 0 aliphatic rings. The second-order valence-electron chi connectivity index (χ2n) is 6.95. The van der Waals surface area contributed by atoms with E-state index in [9.17, 15) is 10.1 Å². The second-order valence-corrected chi connectivity index (χ2v) is 6.95. The Labute approximate surface area is 180 Å². The Morgan fingerprint density at radius 2 is 1.42 bits per heavy atom. The van der Waals surface area contributed by atoms with Crippen LogP contribution in [-0.4, -0.2) is 28.0 Å². The van der Waals surface area contributed by atoms with Crippen molar-refractivity contribution < 1.29 is 4.92 Å². The maximum Gasteiger partial charge on any atom is 0.354 e. The lowest BCUT2D eigenvalue weighted by molar-refractivity contribution is -0.383. The molecule has 0 saturated carbocycles. The van der Waals surface area contributed by atoms with Gasteiger partial charge in [0.15, 0.2) is 0 Å². The summed E-state index contributed by atoms with van der Waals surface area (Å²) in [5.41, 5.74) is 1.60. The molecule has 0 radical (unpaired) electrons. The number of hydrogen-bond donors (Lipinski definition) is 0. The number of aromatic nitrogens is 2. The number of nitro groups is 1. The molecule has 0 fully saturated rings. The van der Waals surface area contributed by atoms with Crippen molar-refractivity contribution in [2.24, 2.45) is 0 Å². The Bertz CT molecular complexity index is 1210. The smallest absolute Gasteiger partial charge is 0.321 e. The molecule has 1 heterocycles. The summed E-state index contributed by atoms with van der Waals surface area (Å²) in [6, 6.07) is 23.5. The number of hydrogen-bond acceptors (Lipinski definition) is 6. The third-order valence-corrected chi connectivity index (χ3v) is 5.24. The Morgan fingerprint density at radius 1 is 0.806 bits per heavy atom. The van der Waals surface area contributed by atoms with Crippen molar-refractivity contribution >= 4 is 39.5 Å². The van der Waals surface area contributed by atoms with Gasteiger partial charge in [0.1, 0.15) is 6.33 Å². The van der Waals surface area contributed by atoms with E-state index in [1.165, 1.54) is 6.33 Å². The molecule has 0 aliphatic carbocycles. The van der Waals surface area contributed by atoms with Crippen LogP contribution in [0.2, 0.25) is 0 Å². The highest BCUT2D eigenvalue weighted by Crippen LogP contribution is 2.41. The fraction of sp³-hybridized carbons (Fsp3) is 0.167. The van der Waals surface area contributed by atoms with E-state index in [-0.39, 0.29) is 22.2 Å². The predicted octanol–water partition coefficient (Wildman–Crippen LogP) is 5.85. The third-order valence-electron chi connectivity index (χ3n) is 5.24. The van der Waals surface area contributed by atoms with Crippen LogP contribution >= 0.6 is 0 Å². The first-order chi connectivity index (χ1) is 15.2. The molecule has 0 amide bonds. The van der Waals surface area contributed by atoms with E-state index in [2.05, 4.69) is 9.97 Å². The number of anilines is 4. The molecule has 4 rings (SSSR count). The maximum atomic E-state index is 12.3. The third kappa shape index (κ3) is 3.77. The first-order valence-electron chi connectivity index (χ1n) is 10.2. The number of para-hydroxylation sites is 1. The monoisotopic (exact) mass is 413 g/mol. The molecule has 0 N–H and O–H groups in total. The van der Waals surface area contributed by atoms with Gasteiger partial charge in [-0.2, -0.15) is 0 Å². The zero-order valence-corrected chi connectivity index (χ0v) is 17.5. The van der Waals surface area contributed by atoms with E-state index in [1.807, 2.05) is 96.4 Å². The molecule has 3 aromatic carbocycles. The van der Waals surface area contributed by atoms with Gasteiger partial charge in [0, 0.05) is 24.2 Å². The fourth-order valence-corrected chi connectivity index (χ4v) is 3.86. The van der Waals surface area contributed by atoms with Crippen LogP contribution in [-0.2, 0) is 0 Å². The van der Waals surface area contributed by atoms with Crippen molar-refractivity contribution in [2.75, 3.05) is 22.9 Å². The minimum atomic E-state index is -0.385. The van der Waals surface area contributed by atoms with Gasteiger partial charge in [0.25, 0.3) is 0 Å². The van der Waals surface area contributed by atoms with Gasteiger partial charge in [0.05, 0.1) is 10.6 Å². The van der Waals surface area contributed by atoms with E-state index >= 15 is 0 Å². The lowest BCUT2D eigenvalue weighted by Crippen LogP contribution is -2.23. The molecule has 31 heavy (non-hydrogen) atoms. The normalized spacial score (nSPS) is 10.8. The minimum Gasteiger partial charge on any atom is -0.321 e. The van der Waals surface area contributed by atoms with Crippen LogP contribution in [0, 0.1) is 10.1 Å². The maximum absolute atomic E-state index is 12.3. The van der Waals surface area contributed by atoms with Crippen LogP contribution < -0.4 is 9.80 Å². The van der Waals surface area contributed by atoms with Gasteiger partial charge in [-0.15, -0.1) is 0 Å². The van der Waals surface area contributed by atoms with Crippen molar-refractivity contribution in [3.05, 3.63) is 89.2 Å². The lowest BCUT2D eigenvalue weighted by atomic mass is 10.1. The molecule has 4 aromatic rings. The molecular weight excluding hydrogens is 390 g/mol. The van der Waals surface area contributed by atoms with E-state index in [0.717, 1.165) is 22.1 Å². The first kappa shape index (κ1) is 20.3. The first-order valence-corrected chi connectivity index (χ1v) is 10.2.